The molecule has 9 heterocycles. The number of thiophene rings is 3. The first-order chi connectivity index (χ1) is 33.1. The van der Waals surface area contributed by atoms with Gasteiger partial charge in [0.1, 0.15) is 5.65 Å². The van der Waals surface area contributed by atoms with Gasteiger partial charge in [-0.15, -0.1) is 0 Å². The number of aromatic amines is 1. The molecule has 11 aromatic rings. The summed E-state index contributed by atoms with van der Waals surface area (Å²) in [4.78, 5) is 16.3. The Hall–Kier alpha value is -4.91. The van der Waals surface area contributed by atoms with Gasteiger partial charge in [0, 0.05) is 62.7 Å². The number of hydrogen-bond donors (Lipinski definition) is 3. The third-order valence-electron chi connectivity index (χ3n) is 10.3. The molecule has 69 heavy (non-hydrogen) atoms. The van der Waals surface area contributed by atoms with E-state index in [0.717, 1.165) is 47.4 Å². The van der Waals surface area contributed by atoms with Gasteiger partial charge in [-0.3, -0.25) is 0 Å². The van der Waals surface area contributed by atoms with Crippen LogP contribution in [0.4, 0.5) is 0 Å². The number of benzene rings is 2. The topological polar surface area (TPSA) is 173 Å². The van der Waals surface area contributed by atoms with E-state index in [0.29, 0.717) is 37.6 Å². The molecule has 11 rings (SSSR count). The zero-order chi connectivity index (χ0) is 49.0. The summed E-state index contributed by atoms with van der Waals surface area (Å²) in [7, 11) is -8.76. The molecule has 22 heteroatoms. The molecule has 350 valence electrons. The van der Waals surface area contributed by atoms with Crippen LogP contribution in [0.25, 0.3) is 55.4 Å². The molecule has 0 bridgehead atoms. The molecule has 0 unspecified atom stereocenters. The predicted octanol–water partition coefficient (Wildman–Crippen LogP) is 12.2. The van der Waals surface area contributed by atoms with Crippen molar-refractivity contribution in [2.24, 2.45) is 0 Å². The summed E-state index contributed by atoms with van der Waals surface area (Å²) in [5.74, 6) is 0. The standard InChI is InChI=1S/C18H13ClN2O2S2.C14H10ClIN2O2S.C11H7ClN2S.C4H5BO2S/c1-12-2-4-14(5-3-12)25(22,23)21-10-15(13-7-9-24-11-13)17-16(19)6-8-20-18(17)21;1-9-2-4-10(5-3-9)21(19,20)18-8-12(16)13-11(15)6-7-17-14(13)18;12-9-1-3-13-11-10(9)8(5-14-11)7-2-4-15-6-7;6-5(7)4-1-2-8-3-4/h2-11H,1H3;2-8H,1H3;1-6H,(H,13,14);1-3,6-7H. The highest BCUT2D eigenvalue weighted by molar-refractivity contribution is 14.1. The Morgan fingerprint density at radius 3 is 1.54 bits per heavy atom. The van der Waals surface area contributed by atoms with Gasteiger partial charge in [-0.2, -0.15) is 34.0 Å². The zero-order valence-electron chi connectivity index (χ0n) is 35.9. The lowest BCUT2D eigenvalue weighted by Crippen LogP contribution is -2.27. The molecule has 0 aliphatic heterocycles. The quantitative estimate of drug-likeness (QED) is 0.104. The first-order valence-corrected chi connectivity index (χ1v) is 28.1. The maximum atomic E-state index is 13.1. The van der Waals surface area contributed by atoms with E-state index in [4.69, 9.17) is 44.9 Å². The molecule has 0 saturated heterocycles. The van der Waals surface area contributed by atoms with Crippen LogP contribution in [0.15, 0.2) is 164 Å². The maximum absolute atomic E-state index is 13.1. The second kappa shape index (κ2) is 21.6. The normalized spacial score (nSPS) is 11.4. The van der Waals surface area contributed by atoms with Gasteiger partial charge < -0.3 is 15.0 Å². The van der Waals surface area contributed by atoms with Gasteiger partial charge in [0.15, 0.2) is 11.3 Å². The lowest BCUT2D eigenvalue weighted by atomic mass is 9.83. The van der Waals surface area contributed by atoms with Crippen LogP contribution in [0.1, 0.15) is 11.1 Å². The van der Waals surface area contributed by atoms with Crippen LogP contribution in [0, 0.1) is 17.4 Å². The predicted molar refractivity (Wildman–Crippen MR) is 292 cm³/mol. The molecule has 0 spiro atoms. The van der Waals surface area contributed by atoms with E-state index in [2.05, 4.69) is 59.4 Å². The smallest absolute Gasteiger partial charge is 0.423 e. The van der Waals surface area contributed by atoms with Crippen LogP contribution in [0.5, 0.6) is 0 Å². The summed E-state index contributed by atoms with van der Waals surface area (Å²) in [6.07, 6.45) is 9.81. The van der Waals surface area contributed by atoms with Gasteiger partial charge in [0.05, 0.1) is 30.2 Å². The Balaban J connectivity index is 0.000000132. The lowest BCUT2D eigenvalue weighted by Gasteiger charge is -2.07. The number of rotatable bonds is 7. The second-order valence-electron chi connectivity index (χ2n) is 14.9. The van der Waals surface area contributed by atoms with E-state index in [9.17, 15) is 16.8 Å². The molecule has 0 aliphatic carbocycles. The van der Waals surface area contributed by atoms with Crippen molar-refractivity contribution in [2.45, 2.75) is 23.6 Å². The van der Waals surface area contributed by atoms with Gasteiger partial charge in [0.2, 0.25) is 0 Å². The van der Waals surface area contributed by atoms with E-state index in [-0.39, 0.29) is 9.79 Å². The molecule has 2 aromatic carbocycles. The van der Waals surface area contributed by atoms with E-state index in [1.54, 1.807) is 119 Å². The molecule has 12 nitrogen and oxygen atoms in total. The minimum atomic E-state index is -3.77. The average Bonchev–Trinajstić information content (AvgIpc) is 4.19. The number of hydrogen-bond acceptors (Lipinski definition) is 12. The van der Waals surface area contributed by atoms with Crippen molar-refractivity contribution in [2.75, 3.05) is 0 Å². The summed E-state index contributed by atoms with van der Waals surface area (Å²) in [5, 5.41) is 32.5. The number of halogens is 4. The fourth-order valence-electron chi connectivity index (χ4n) is 6.87. The summed E-state index contributed by atoms with van der Waals surface area (Å²) >= 11 is 25.4. The fraction of sp³-hybridized carbons (Fsp3) is 0.0426. The molecule has 0 fully saturated rings. The molecule has 0 radical (unpaired) electrons. The SMILES string of the molecule is Cc1ccc(S(=O)(=O)n2cc(-c3ccsc3)c3c(Cl)ccnc32)cc1.Cc1ccc(S(=O)(=O)n2cc(I)c3c(Cl)ccnc32)cc1.Clc1ccnc2[nH]cc(-c3ccsc3)c12.OB(O)c1ccsc1. The largest absolute Gasteiger partial charge is 0.489 e. The average molecular weight is 1180 g/mol. The minimum Gasteiger partial charge on any atom is -0.423 e. The Bertz CT molecular complexity index is 3760. The molecule has 0 saturated carbocycles. The number of pyridine rings is 3. The number of aryl methyl sites for hydroxylation is 2. The Morgan fingerprint density at radius 1 is 0.580 bits per heavy atom. The fourth-order valence-corrected chi connectivity index (χ4v) is 13.4. The monoisotopic (exact) mass is 1180 g/mol. The lowest BCUT2D eigenvalue weighted by molar-refractivity contribution is 0.426. The molecule has 0 aliphatic rings. The van der Waals surface area contributed by atoms with Crippen LogP contribution in [0.3, 0.4) is 0 Å². The van der Waals surface area contributed by atoms with Crippen LogP contribution in [-0.2, 0) is 20.0 Å². The van der Waals surface area contributed by atoms with Crippen LogP contribution >= 0.6 is 91.4 Å². The van der Waals surface area contributed by atoms with Crippen molar-refractivity contribution in [3.8, 4) is 22.3 Å². The van der Waals surface area contributed by atoms with Crippen molar-refractivity contribution in [1.29, 1.82) is 0 Å². The molecular weight excluding hydrogens is 1150 g/mol. The van der Waals surface area contributed by atoms with Gasteiger partial charge in [-0.1, -0.05) is 76.3 Å². The van der Waals surface area contributed by atoms with Crippen molar-refractivity contribution < 1.29 is 26.9 Å². The Labute approximate surface area is 437 Å². The second-order valence-corrected chi connectivity index (χ2v) is 23.3. The van der Waals surface area contributed by atoms with Crippen molar-refractivity contribution in [3.63, 3.8) is 0 Å². The Morgan fingerprint density at radius 2 is 1.04 bits per heavy atom. The van der Waals surface area contributed by atoms with Crippen molar-refractivity contribution in [1.82, 2.24) is 27.9 Å². The zero-order valence-corrected chi connectivity index (χ0v) is 44.4. The number of nitrogens with one attached hydrogen (secondary N) is 1. The first kappa shape index (κ1) is 50.5. The summed E-state index contributed by atoms with van der Waals surface area (Å²) < 4.78 is 54.9. The number of nitrogens with zero attached hydrogens (tertiary/aromatic N) is 5. The van der Waals surface area contributed by atoms with Gasteiger partial charge in [-0.25, -0.2) is 39.7 Å². The maximum Gasteiger partial charge on any atom is 0.489 e. The molecule has 3 N–H and O–H groups in total. The third kappa shape index (κ3) is 10.9. The van der Waals surface area contributed by atoms with E-state index in [1.807, 2.05) is 42.9 Å². The number of aromatic nitrogens is 6. The minimum absolute atomic E-state index is 0.216. The summed E-state index contributed by atoms with van der Waals surface area (Å²) in [5.41, 5.74) is 8.04. The molecular formula is C47H35BCl3IN6O6S5. The number of H-pyrrole nitrogens is 1. The number of fused-ring (bicyclic) bond motifs is 3. The van der Waals surface area contributed by atoms with Crippen molar-refractivity contribution >= 4 is 157 Å². The van der Waals surface area contributed by atoms with Gasteiger partial charge in [-0.05, 0) is 140 Å². The van der Waals surface area contributed by atoms with Gasteiger partial charge >= 0.3 is 7.12 Å². The molecule has 9 aromatic heterocycles. The highest BCUT2D eigenvalue weighted by Gasteiger charge is 2.25. The van der Waals surface area contributed by atoms with E-state index < -0.39 is 27.2 Å². The van der Waals surface area contributed by atoms with Crippen molar-refractivity contribution in [3.05, 3.63) is 184 Å². The van der Waals surface area contributed by atoms with Crippen LogP contribution in [0.2, 0.25) is 15.1 Å². The van der Waals surface area contributed by atoms with E-state index >= 15 is 0 Å². The summed E-state index contributed by atoms with van der Waals surface area (Å²) in [6.45, 7) is 3.82. The Kier molecular flexibility index (Phi) is 15.8. The molecule has 0 amide bonds. The third-order valence-corrected chi connectivity index (χ3v) is 17.5. The van der Waals surface area contributed by atoms with Gasteiger partial charge in [0.25, 0.3) is 20.0 Å². The van der Waals surface area contributed by atoms with E-state index in [1.165, 1.54) is 37.2 Å². The molecule has 0 atom stereocenters. The first-order valence-electron chi connectivity index (χ1n) is 20.2. The highest BCUT2D eigenvalue weighted by Crippen LogP contribution is 2.38. The van der Waals surface area contributed by atoms with Crippen LogP contribution < -0.4 is 5.46 Å². The summed E-state index contributed by atoms with van der Waals surface area (Å²) in [6, 6.07) is 24.3. The highest BCUT2D eigenvalue weighted by atomic mass is 127. The van der Waals surface area contributed by atoms with Crippen LogP contribution in [-0.4, -0.2) is 61.9 Å².